The van der Waals surface area contributed by atoms with Gasteiger partial charge in [0, 0.05) is 0 Å². The lowest BCUT2D eigenvalue weighted by Gasteiger charge is -2.34. The lowest BCUT2D eigenvalue weighted by molar-refractivity contribution is -0.0435. The van der Waals surface area contributed by atoms with Gasteiger partial charge in [-0.2, -0.15) is 0 Å². The maximum Gasteiger partial charge on any atom is 0.0701 e. The van der Waals surface area contributed by atoms with E-state index in [2.05, 4.69) is 27.7 Å². The second kappa shape index (κ2) is 3.37. The summed E-state index contributed by atoms with van der Waals surface area (Å²) in [5, 5.41) is 10.4. The third-order valence-corrected chi connectivity index (χ3v) is 3.02. The van der Waals surface area contributed by atoms with E-state index in [0.717, 1.165) is 6.42 Å². The maximum atomic E-state index is 10.4. The Hall–Kier alpha value is -0.0400. The van der Waals surface area contributed by atoms with Crippen LogP contribution in [-0.4, -0.2) is 10.7 Å². The van der Waals surface area contributed by atoms with Crippen LogP contribution in [0.2, 0.25) is 0 Å². The van der Waals surface area contributed by atoms with Gasteiger partial charge in [0.15, 0.2) is 0 Å². The molecule has 0 spiro atoms. The lowest BCUT2D eigenvalue weighted by Crippen LogP contribution is -2.38. The van der Waals surface area contributed by atoms with Gasteiger partial charge in [0.05, 0.1) is 5.60 Å². The smallest absolute Gasteiger partial charge is 0.0701 e. The van der Waals surface area contributed by atoms with Crippen molar-refractivity contribution < 1.29 is 5.11 Å². The SMILES string of the molecule is CC(C)CC(O)(C(C)C)C1CC1. The van der Waals surface area contributed by atoms with Crippen LogP contribution in [0.15, 0.2) is 0 Å². The molecule has 0 bridgehead atoms. The fourth-order valence-corrected chi connectivity index (χ4v) is 2.11. The second-order valence-corrected chi connectivity index (χ2v) is 5.02. The molecule has 1 aliphatic rings. The van der Waals surface area contributed by atoms with Gasteiger partial charge in [-0.3, -0.25) is 0 Å². The summed E-state index contributed by atoms with van der Waals surface area (Å²) in [5.74, 6) is 1.62. The molecule has 0 aliphatic heterocycles. The van der Waals surface area contributed by atoms with E-state index in [9.17, 15) is 5.11 Å². The van der Waals surface area contributed by atoms with Gasteiger partial charge in [-0.25, -0.2) is 0 Å². The van der Waals surface area contributed by atoms with Crippen molar-refractivity contribution in [3.8, 4) is 0 Å². The molecule has 0 aromatic carbocycles. The first kappa shape index (κ1) is 10.0. The predicted octanol–water partition coefficient (Wildman–Crippen LogP) is 2.83. The lowest BCUT2D eigenvalue weighted by atomic mass is 9.79. The summed E-state index contributed by atoms with van der Waals surface area (Å²) in [7, 11) is 0. The highest BCUT2D eigenvalue weighted by atomic mass is 16.3. The fraction of sp³-hybridized carbons (Fsp3) is 1.00. The minimum atomic E-state index is -0.367. The highest BCUT2D eigenvalue weighted by Crippen LogP contribution is 2.46. The highest BCUT2D eigenvalue weighted by Gasteiger charge is 2.45. The first-order valence-electron chi connectivity index (χ1n) is 5.19. The Labute approximate surface area is 76.2 Å². The van der Waals surface area contributed by atoms with E-state index >= 15 is 0 Å². The van der Waals surface area contributed by atoms with Crippen LogP contribution in [0, 0.1) is 17.8 Å². The Morgan fingerprint density at radius 3 is 2.00 bits per heavy atom. The van der Waals surface area contributed by atoms with Crippen LogP contribution in [0.1, 0.15) is 47.0 Å². The molecule has 1 rings (SSSR count). The first-order chi connectivity index (χ1) is 5.47. The molecule has 0 amide bonds. The van der Waals surface area contributed by atoms with Crippen molar-refractivity contribution in [2.75, 3.05) is 0 Å². The van der Waals surface area contributed by atoms with Gasteiger partial charge in [-0.15, -0.1) is 0 Å². The summed E-state index contributed by atoms with van der Waals surface area (Å²) in [6, 6.07) is 0. The van der Waals surface area contributed by atoms with Crippen molar-refractivity contribution >= 4 is 0 Å². The van der Waals surface area contributed by atoms with E-state index in [1.54, 1.807) is 0 Å². The highest BCUT2D eigenvalue weighted by molar-refractivity contribution is 4.96. The van der Waals surface area contributed by atoms with E-state index in [-0.39, 0.29) is 5.60 Å². The third kappa shape index (κ3) is 2.01. The molecule has 1 heteroatoms. The van der Waals surface area contributed by atoms with Gasteiger partial charge in [-0.1, -0.05) is 27.7 Å². The molecule has 1 nitrogen and oxygen atoms in total. The van der Waals surface area contributed by atoms with Crippen molar-refractivity contribution in [3.63, 3.8) is 0 Å². The zero-order valence-electron chi connectivity index (χ0n) is 8.80. The molecule has 12 heavy (non-hydrogen) atoms. The zero-order valence-corrected chi connectivity index (χ0v) is 8.80. The molecule has 1 unspecified atom stereocenters. The van der Waals surface area contributed by atoms with Crippen LogP contribution in [0.25, 0.3) is 0 Å². The zero-order chi connectivity index (χ0) is 9.35. The van der Waals surface area contributed by atoms with E-state index < -0.39 is 0 Å². The van der Waals surface area contributed by atoms with Gasteiger partial charge in [0.2, 0.25) is 0 Å². The molecular formula is C11H22O. The van der Waals surface area contributed by atoms with E-state index in [1.165, 1.54) is 12.8 Å². The third-order valence-electron chi connectivity index (χ3n) is 3.02. The quantitative estimate of drug-likeness (QED) is 0.688. The number of rotatable bonds is 4. The Kier molecular flexibility index (Phi) is 2.82. The molecular weight excluding hydrogens is 148 g/mol. The van der Waals surface area contributed by atoms with Crippen LogP contribution in [-0.2, 0) is 0 Å². The molecule has 0 radical (unpaired) electrons. The van der Waals surface area contributed by atoms with Gasteiger partial charge in [-0.05, 0) is 37.0 Å². The topological polar surface area (TPSA) is 20.2 Å². The average molecular weight is 170 g/mol. The average Bonchev–Trinajstić information content (AvgIpc) is 2.65. The second-order valence-electron chi connectivity index (χ2n) is 5.02. The fourth-order valence-electron chi connectivity index (χ4n) is 2.11. The van der Waals surface area contributed by atoms with Crippen molar-refractivity contribution in [2.45, 2.75) is 52.6 Å². The van der Waals surface area contributed by atoms with Crippen molar-refractivity contribution in [1.29, 1.82) is 0 Å². The molecule has 1 saturated carbocycles. The van der Waals surface area contributed by atoms with Crippen LogP contribution in [0.4, 0.5) is 0 Å². The molecule has 1 atom stereocenters. The normalized spacial score (nSPS) is 23.2. The molecule has 0 heterocycles. The Bertz CT molecular complexity index is 143. The largest absolute Gasteiger partial charge is 0.389 e. The summed E-state index contributed by atoms with van der Waals surface area (Å²) in [6.45, 7) is 8.66. The molecule has 1 N–H and O–H groups in total. The van der Waals surface area contributed by atoms with Gasteiger partial charge >= 0.3 is 0 Å². The van der Waals surface area contributed by atoms with Crippen molar-refractivity contribution in [3.05, 3.63) is 0 Å². The van der Waals surface area contributed by atoms with Crippen molar-refractivity contribution in [2.24, 2.45) is 17.8 Å². The first-order valence-corrected chi connectivity index (χ1v) is 5.19. The maximum absolute atomic E-state index is 10.4. The van der Waals surface area contributed by atoms with E-state index in [1.807, 2.05) is 0 Å². The minimum Gasteiger partial charge on any atom is -0.389 e. The summed E-state index contributed by atoms with van der Waals surface area (Å²) in [4.78, 5) is 0. The molecule has 0 aromatic rings. The van der Waals surface area contributed by atoms with E-state index in [0.29, 0.717) is 17.8 Å². The molecule has 1 aliphatic carbocycles. The number of hydrogen-bond acceptors (Lipinski definition) is 1. The molecule has 0 aromatic heterocycles. The summed E-state index contributed by atoms with van der Waals surface area (Å²) in [5.41, 5.74) is -0.367. The molecule has 1 fully saturated rings. The standard InChI is InChI=1S/C11H22O/c1-8(2)7-11(12,9(3)4)10-5-6-10/h8-10,12H,5-7H2,1-4H3. The summed E-state index contributed by atoms with van der Waals surface area (Å²) in [6.07, 6.45) is 3.44. The Morgan fingerprint density at radius 2 is 1.75 bits per heavy atom. The summed E-state index contributed by atoms with van der Waals surface area (Å²) >= 11 is 0. The van der Waals surface area contributed by atoms with Crippen LogP contribution < -0.4 is 0 Å². The van der Waals surface area contributed by atoms with Gasteiger partial charge in [0.1, 0.15) is 0 Å². The molecule has 72 valence electrons. The predicted molar refractivity (Wildman–Crippen MR) is 52.0 cm³/mol. The van der Waals surface area contributed by atoms with Crippen LogP contribution in [0.3, 0.4) is 0 Å². The van der Waals surface area contributed by atoms with Gasteiger partial charge < -0.3 is 5.11 Å². The summed E-state index contributed by atoms with van der Waals surface area (Å²) < 4.78 is 0. The van der Waals surface area contributed by atoms with E-state index in [4.69, 9.17) is 0 Å². The van der Waals surface area contributed by atoms with Crippen LogP contribution in [0.5, 0.6) is 0 Å². The minimum absolute atomic E-state index is 0.367. The monoisotopic (exact) mass is 170 g/mol. The Morgan fingerprint density at radius 1 is 1.25 bits per heavy atom. The van der Waals surface area contributed by atoms with Gasteiger partial charge in [0.25, 0.3) is 0 Å². The number of hydrogen-bond donors (Lipinski definition) is 1. The van der Waals surface area contributed by atoms with Crippen LogP contribution >= 0.6 is 0 Å². The number of aliphatic hydroxyl groups is 1. The molecule has 0 saturated heterocycles. The Balaban J connectivity index is 2.58. The van der Waals surface area contributed by atoms with Crippen molar-refractivity contribution in [1.82, 2.24) is 0 Å².